The Kier molecular flexibility index (Phi) is 7.07. The molecule has 2 aromatic carbocycles. The summed E-state index contributed by atoms with van der Waals surface area (Å²) in [5, 5.41) is 12.6. The summed E-state index contributed by atoms with van der Waals surface area (Å²) in [6.45, 7) is 3.66. The van der Waals surface area contributed by atoms with E-state index in [1.165, 1.54) is 11.6 Å². The average Bonchev–Trinajstić information content (AvgIpc) is 3.25. The van der Waals surface area contributed by atoms with Crippen LogP contribution < -0.4 is 10.5 Å². The molecule has 0 spiro atoms. The van der Waals surface area contributed by atoms with E-state index in [0.717, 1.165) is 48.5 Å². The first-order chi connectivity index (χ1) is 19.0. The van der Waals surface area contributed by atoms with Gasteiger partial charge in [-0.05, 0) is 48.7 Å². The van der Waals surface area contributed by atoms with Gasteiger partial charge in [0.05, 0.1) is 35.9 Å². The lowest BCUT2D eigenvalue weighted by Crippen LogP contribution is -2.34. The van der Waals surface area contributed by atoms with Crippen LogP contribution in [0.5, 0.6) is 5.88 Å². The lowest BCUT2D eigenvalue weighted by Gasteiger charge is -2.30. The second kappa shape index (κ2) is 10.8. The summed E-state index contributed by atoms with van der Waals surface area (Å²) in [4.78, 5) is 12.0. The van der Waals surface area contributed by atoms with Crippen LogP contribution in [-0.2, 0) is 37.4 Å². The number of halogens is 2. The molecule has 1 fully saturated rings. The first kappa shape index (κ1) is 25.5. The fourth-order valence-electron chi connectivity index (χ4n) is 5.00. The van der Waals surface area contributed by atoms with Gasteiger partial charge in [-0.25, -0.2) is 14.4 Å². The van der Waals surface area contributed by atoms with Crippen LogP contribution >= 0.6 is 11.6 Å². The fraction of sp³-hybridized carbons (Fsp3) is 0.321. The van der Waals surface area contributed by atoms with Gasteiger partial charge in [0.2, 0.25) is 5.88 Å². The zero-order valence-electron chi connectivity index (χ0n) is 21.2. The third-order valence-corrected chi connectivity index (χ3v) is 7.51. The molecule has 0 radical (unpaired) electrons. The Morgan fingerprint density at radius 3 is 2.85 bits per heavy atom. The number of fused-ring (bicyclic) bond motifs is 2. The SMILES string of the molecule is N/C(=N\O)c1ccc2nc(CN3CCc4ccc(OCc5ccc(Cl)cc5F)nc4C3)n(C[C@@H]3CCO3)c2c1. The van der Waals surface area contributed by atoms with Gasteiger partial charge in [0, 0.05) is 41.9 Å². The molecule has 0 aliphatic carbocycles. The molecule has 39 heavy (non-hydrogen) atoms. The highest BCUT2D eigenvalue weighted by molar-refractivity contribution is 6.30. The van der Waals surface area contributed by atoms with Gasteiger partial charge in [-0.1, -0.05) is 28.9 Å². The van der Waals surface area contributed by atoms with E-state index in [9.17, 15) is 4.39 Å². The minimum atomic E-state index is -0.403. The summed E-state index contributed by atoms with van der Waals surface area (Å²) >= 11 is 5.85. The number of ether oxygens (including phenoxy) is 2. The van der Waals surface area contributed by atoms with Crippen molar-refractivity contribution in [1.29, 1.82) is 0 Å². The summed E-state index contributed by atoms with van der Waals surface area (Å²) in [5.41, 5.74) is 10.8. The topological polar surface area (TPSA) is 111 Å². The molecule has 4 heterocycles. The largest absolute Gasteiger partial charge is 0.473 e. The average molecular weight is 551 g/mol. The zero-order chi connectivity index (χ0) is 26.9. The van der Waals surface area contributed by atoms with Crippen molar-refractivity contribution >= 4 is 28.5 Å². The van der Waals surface area contributed by atoms with E-state index < -0.39 is 5.82 Å². The van der Waals surface area contributed by atoms with E-state index in [1.54, 1.807) is 18.2 Å². The zero-order valence-corrected chi connectivity index (χ0v) is 21.9. The van der Waals surface area contributed by atoms with Crippen LogP contribution in [0.25, 0.3) is 11.0 Å². The normalized spacial score (nSPS) is 17.7. The molecule has 3 N–H and O–H groups in total. The van der Waals surface area contributed by atoms with Crippen LogP contribution in [0.3, 0.4) is 0 Å². The Labute approximate surface area is 229 Å². The highest BCUT2D eigenvalue weighted by Gasteiger charge is 2.25. The molecule has 11 heteroatoms. The maximum Gasteiger partial charge on any atom is 0.213 e. The molecular weight excluding hydrogens is 523 g/mol. The molecule has 1 saturated heterocycles. The van der Waals surface area contributed by atoms with Crippen LogP contribution in [0, 0.1) is 5.82 Å². The van der Waals surface area contributed by atoms with Crippen molar-refractivity contribution in [3.63, 3.8) is 0 Å². The van der Waals surface area contributed by atoms with Gasteiger partial charge in [-0.3, -0.25) is 4.90 Å². The van der Waals surface area contributed by atoms with Crippen molar-refractivity contribution in [1.82, 2.24) is 19.4 Å². The molecule has 1 atom stereocenters. The predicted molar refractivity (Wildman–Crippen MR) is 144 cm³/mol. The van der Waals surface area contributed by atoms with E-state index in [-0.39, 0.29) is 18.5 Å². The maximum absolute atomic E-state index is 14.1. The molecule has 0 amide bonds. The lowest BCUT2D eigenvalue weighted by atomic mass is 10.1. The van der Waals surface area contributed by atoms with Gasteiger partial charge in [0.15, 0.2) is 5.84 Å². The number of hydrogen-bond donors (Lipinski definition) is 2. The van der Waals surface area contributed by atoms with Gasteiger partial charge in [-0.15, -0.1) is 0 Å². The monoisotopic (exact) mass is 550 g/mol. The summed E-state index contributed by atoms with van der Waals surface area (Å²) in [6.07, 6.45) is 2.00. The van der Waals surface area contributed by atoms with Crippen molar-refractivity contribution in [2.45, 2.75) is 45.2 Å². The molecule has 0 saturated carbocycles. The second-order valence-electron chi connectivity index (χ2n) is 9.85. The fourth-order valence-corrected chi connectivity index (χ4v) is 5.15. The Morgan fingerprint density at radius 2 is 2.08 bits per heavy atom. The van der Waals surface area contributed by atoms with E-state index in [2.05, 4.69) is 14.6 Å². The summed E-state index contributed by atoms with van der Waals surface area (Å²) in [6, 6.07) is 14.0. The Balaban J connectivity index is 1.21. The molecule has 2 aromatic heterocycles. The van der Waals surface area contributed by atoms with Crippen molar-refractivity contribution in [2.75, 3.05) is 13.2 Å². The smallest absolute Gasteiger partial charge is 0.213 e. The lowest BCUT2D eigenvalue weighted by molar-refractivity contribution is -0.0592. The summed E-state index contributed by atoms with van der Waals surface area (Å²) < 4.78 is 27.9. The van der Waals surface area contributed by atoms with Crippen LogP contribution in [0.15, 0.2) is 53.7 Å². The van der Waals surface area contributed by atoms with Crippen molar-refractivity contribution in [2.24, 2.45) is 10.9 Å². The standard InChI is InChI=1S/C28H28ClFN6O3/c29-20-4-1-19(22(30)12-20)16-39-27-6-3-17-7-9-35(14-24(17)33-27)15-26-32-23-5-2-18(28(31)34-37)11-25(23)36(26)13-21-8-10-38-21/h1-6,11-12,21,37H,7-10,13-16H2,(H2,31,34)/t21-/m0/s1. The quantitative estimate of drug-likeness (QED) is 0.146. The van der Waals surface area contributed by atoms with E-state index in [1.807, 2.05) is 24.3 Å². The first-order valence-electron chi connectivity index (χ1n) is 12.8. The number of oxime groups is 1. The van der Waals surface area contributed by atoms with Gasteiger partial charge in [-0.2, -0.15) is 0 Å². The number of nitrogens with two attached hydrogens (primary N) is 1. The third kappa shape index (κ3) is 5.40. The number of rotatable bonds is 8. The van der Waals surface area contributed by atoms with E-state index in [0.29, 0.717) is 41.7 Å². The Hall–Kier alpha value is -3.73. The van der Waals surface area contributed by atoms with Crippen LogP contribution in [0.4, 0.5) is 4.39 Å². The van der Waals surface area contributed by atoms with Crippen LogP contribution in [0.2, 0.25) is 5.02 Å². The van der Waals surface area contributed by atoms with E-state index >= 15 is 0 Å². The molecule has 9 nitrogen and oxygen atoms in total. The van der Waals surface area contributed by atoms with Gasteiger partial charge >= 0.3 is 0 Å². The minimum Gasteiger partial charge on any atom is -0.473 e. The number of pyridine rings is 1. The maximum atomic E-state index is 14.1. The molecule has 2 aliphatic rings. The number of imidazole rings is 1. The first-order valence-corrected chi connectivity index (χ1v) is 13.2. The predicted octanol–water partition coefficient (Wildman–Crippen LogP) is 4.24. The van der Waals surface area contributed by atoms with Crippen molar-refractivity contribution in [3.05, 3.63) is 87.6 Å². The molecule has 6 rings (SSSR count). The van der Waals surface area contributed by atoms with Crippen molar-refractivity contribution in [3.8, 4) is 5.88 Å². The number of aromatic nitrogens is 3. The highest BCUT2D eigenvalue weighted by Crippen LogP contribution is 2.26. The minimum absolute atomic E-state index is 0.0571. The second-order valence-corrected chi connectivity index (χ2v) is 10.3. The molecule has 2 aliphatic heterocycles. The van der Waals surface area contributed by atoms with Gasteiger partial charge in [0.25, 0.3) is 0 Å². The van der Waals surface area contributed by atoms with Gasteiger partial charge < -0.3 is 25.0 Å². The molecule has 0 unspecified atom stereocenters. The van der Waals surface area contributed by atoms with Crippen LogP contribution in [0.1, 0.15) is 34.6 Å². The van der Waals surface area contributed by atoms with Gasteiger partial charge in [0.1, 0.15) is 18.2 Å². The Bertz CT molecular complexity index is 1550. The number of benzene rings is 2. The Morgan fingerprint density at radius 1 is 1.21 bits per heavy atom. The molecule has 0 bridgehead atoms. The van der Waals surface area contributed by atoms with Crippen molar-refractivity contribution < 1.29 is 19.1 Å². The molecular formula is C28H28ClFN6O3. The number of amidine groups is 1. The molecule has 202 valence electrons. The molecule has 4 aromatic rings. The highest BCUT2D eigenvalue weighted by atomic mass is 35.5. The number of nitrogens with zero attached hydrogens (tertiary/aromatic N) is 5. The van der Waals surface area contributed by atoms with Crippen LogP contribution in [-0.4, -0.2) is 49.7 Å². The number of hydrogen-bond acceptors (Lipinski definition) is 7. The summed E-state index contributed by atoms with van der Waals surface area (Å²) in [5.74, 6) is 1.03. The summed E-state index contributed by atoms with van der Waals surface area (Å²) in [7, 11) is 0. The third-order valence-electron chi connectivity index (χ3n) is 7.28. The van der Waals surface area contributed by atoms with E-state index in [4.69, 9.17) is 42.0 Å².